The van der Waals surface area contributed by atoms with Crippen LogP contribution in [0.15, 0.2) is 24.3 Å². The third-order valence-corrected chi connectivity index (χ3v) is 2.72. The van der Waals surface area contributed by atoms with Gasteiger partial charge in [0.25, 0.3) is 0 Å². The molecule has 1 aromatic carbocycles. The van der Waals surface area contributed by atoms with E-state index in [9.17, 15) is 9.59 Å². The Balaban J connectivity index is 2.58. The van der Waals surface area contributed by atoms with Gasteiger partial charge >= 0.3 is 6.03 Å². The fourth-order valence-corrected chi connectivity index (χ4v) is 1.63. The van der Waals surface area contributed by atoms with Gasteiger partial charge < -0.3 is 5.73 Å². The van der Waals surface area contributed by atoms with E-state index in [0.29, 0.717) is 0 Å². The maximum absolute atomic E-state index is 11.5. The highest BCUT2D eigenvalue weighted by atomic mass is 16.2. The van der Waals surface area contributed by atoms with Crippen molar-refractivity contribution in [2.45, 2.75) is 32.9 Å². The molecule has 0 saturated heterocycles. The summed E-state index contributed by atoms with van der Waals surface area (Å²) in [4.78, 5) is 22.1. The van der Waals surface area contributed by atoms with Crippen molar-refractivity contribution in [2.75, 3.05) is 0 Å². The van der Waals surface area contributed by atoms with Crippen LogP contribution in [-0.4, -0.2) is 18.0 Å². The molecule has 0 spiro atoms. The highest BCUT2D eigenvalue weighted by molar-refractivity contribution is 5.96. The summed E-state index contributed by atoms with van der Waals surface area (Å²) in [6.07, 6.45) is 0. The number of benzene rings is 1. The maximum Gasteiger partial charge on any atom is 0.318 e. The van der Waals surface area contributed by atoms with E-state index in [1.54, 1.807) is 6.92 Å². The van der Waals surface area contributed by atoms with Gasteiger partial charge in [0.05, 0.1) is 6.04 Å². The summed E-state index contributed by atoms with van der Waals surface area (Å²) in [6.45, 7) is 5.66. The Hall–Kier alpha value is -1.88. The Kier molecular flexibility index (Phi) is 4.85. The van der Waals surface area contributed by atoms with Crippen LogP contribution in [0.5, 0.6) is 0 Å². The van der Waals surface area contributed by atoms with Gasteiger partial charge in [-0.05, 0) is 26.3 Å². The lowest BCUT2D eigenvalue weighted by Crippen LogP contribution is -2.47. The molecule has 0 aliphatic carbocycles. The molecule has 1 rings (SSSR count). The number of hydrogen-bond acceptors (Lipinski definition) is 3. The lowest BCUT2D eigenvalue weighted by Gasteiger charge is -2.19. The molecule has 0 aliphatic rings. The Bertz CT molecular complexity index is 428. The largest absolute Gasteiger partial charge is 0.351 e. The molecular formula is C13H19N3O2. The topological polar surface area (TPSA) is 84.2 Å². The highest BCUT2D eigenvalue weighted by Gasteiger charge is 2.17. The fraction of sp³-hybridized carbons (Fsp3) is 0.385. The van der Waals surface area contributed by atoms with Crippen molar-refractivity contribution in [3.8, 4) is 0 Å². The zero-order valence-corrected chi connectivity index (χ0v) is 10.9. The van der Waals surface area contributed by atoms with Crippen molar-refractivity contribution in [1.82, 2.24) is 10.6 Å². The van der Waals surface area contributed by atoms with Gasteiger partial charge in [0.2, 0.25) is 5.91 Å². The van der Waals surface area contributed by atoms with E-state index in [1.165, 1.54) is 5.56 Å². The molecule has 0 bridgehead atoms. The molecular weight excluding hydrogens is 230 g/mol. The number of carbonyl (C=O) groups excluding carboxylic acids is 2. The van der Waals surface area contributed by atoms with Crippen molar-refractivity contribution in [2.24, 2.45) is 5.73 Å². The number of hydrogen-bond donors (Lipinski definition) is 3. The number of urea groups is 1. The molecule has 18 heavy (non-hydrogen) atoms. The monoisotopic (exact) mass is 249 g/mol. The smallest absolute Gasteiger partial charge is 0.318 e. The van der Waals surface area contributed by atoms with Gasteiger partial charge in [0.1, 0.15) is 0 Å². The van der Waals surface area contributed by atoms with Gasteiger partial charge in [-0.1, -0.05) is 29.8 Å². The summed E-state index contributed by atoms with van der Waals surface area (Å²) < 4.78 is 0. The Morgan fingerprint density at radius 3 is 2.22 bits per heavy atom. The summed E-state index contributed by atoms with van der Waals surface area (Å²) in [7, 11) is 0. The standard InChI is InChI=1S/C13H19N3O2/c1-8-4-6-11(7-5-8)9(2)15-10(3)12(17)16-13(14)18/h4-7,9-10,15H,1-3H3,(H3,14,16,17,18)/t9-,10?/m0/s1. The third-order valence-electron chi connectivity index (χ3n) is 2.72. The third kappa shape index (κ3) is 4.18. The number of carbonyl (C=O) groups is 2. The molecule has 0 radical (unpaired) electrons. The normalized spacial score (nSPS) is 13.7. The van der Waals surface area contributed by atoms with E-state index in [2.05, 4.69) is 5.32 Å². The lowest BCUT2D eigenvalue weighted by atomic mass is 10.1. The van der Waals surface area contributed by atoms with E-state index < -0.39 is 18.0 Å². The van der Waals surface area contributed by atoms with Crippen LogP contribution in [0.25, 0.3) is 0 Å². The first-order valence-corrected chi connectivity index (χ1v) is 5.83. The van der Waals surface area contributed by atoms with Crippen molar-refractivity contribution >= 4 is 11.9 Å². The predicted octanol–water partition coefficient (Wildman–Crippen LogP) is 1.23. The molecule has 0 saturated carbocycles. The molecule has 5 heteroatoms. The predicted molar refractivity (Wildman–Crippen MR) is 69.9 cm³/mol. The zero-order chi connectivity index (χ0) is 13.7. The van der Waals surface area contributed by atoms with Crippen molar-refractivity contribution in [3.63, 3.8) is 0 Å². The van der Waals surface area contributed by atoms with Gasteiger partial charge in [-0.25, -0.2) is 4.79 Å². The Morgan fingerprint density at radius 1 is 1.17 bits per heavy atom. The van der Waals surface area contributed by atoms with E-state index in [-0.39, 0.29) is 6.04 Å². The second kappa shape index (κ2) is 6.16. The first-order chi connectivity index (χ1) is 8.40. The van der Waals surface area contributed by atoms with Crippen LogP contribution in [0.4, 0.5) is 4.79 Å². The van der Waals surface area contributed by atoms with Crippen LogP contribution in [0, 0.1) is 6.92 Å². The summed E-state index contributed by atoms with van der Waals surface area (Å²) in [5.74, 6) is -0.429. The minimum Gasteiger partial charge on any atom is -0.351 e. The maximum atomic E-state index is 11.5. The van der Waals surface area contributed by atoms with Crippen LogP contribution in [0.1, 0.15) is 31.0 Å². The molecule has 1 unspecified atom stereocenters. The van der Waals surface area contributed by atoms with Crippen LogP contribution >= 0.6 is 0 Å². The fourth-order valence-electron chi connectivity index (χ4n) is 1.63. The van der Waals surface area contributed by atoms with Crippen molar-refractivity contribution in [3.05, 3.63) is 35.4 Å². The number of rotatable bonds is 4. The lowest BCUT2D eigenvalue weighted by molar-refractivity contribution is -0.121. The van der Waals surface area contributed by atoms with Crippen LogP contribution in [0.3, 0.4) is 0 Å². The number of aryl methyl sites for hydroxylation is 1. The minimum atomic E-state index is -0.836. The summed E-state index contributed by atoms with van der Waals surface area (Å²) in [5, 5.41) is 5.15. The quantitative estimate of drug-likeness (QED) is 0.750. The van der Waals surface area contributed by atoms with E-state index in [1.807, 2.05) is 43.4 Å². The number of nitrogens with one attached hydrogen (secondary N) is 2. The number of primary amides is 1. The number of imide groups is 1. The number of nitrogens with two attached hydrogens (primary N) is 1. The first-order valence-electron chi connectivity index (χ1n) is 5.83. The second-order valence-corrected chi connectivity index (χ2v) is 4.37. The molecule has 5 nitrogen and oxygen atoms in total. The SMILES string of the molecule is Cc1ccc([C@H](C)NC(C)C(=O)NC(N)=O)cc1. The van der Waals surface area contributed by atoms with Gasteiger partial charge in [0.15, 0.2) is 0 Å². The van der Waals surface area contributed by atoms with E-state index in [0.717, 1.165) is 5.56 Å². The molecule has 0 heterocycles. The highest BCUT2D eigenvalue weighted by Crippen LogP contribution is 2.13. The van der Waals surface area contributed by atoms with Crippen LogP contribution < -0.4 is 16.4 Å². The zero-order valence-electron chi connectivity index (χ0n) is 10.9. The van der Waals surface area contributed by atoms with Crippen molar-refractivity contribution < 1.29 is 9.59 Å². The molecule has 2 atom stereocenters. The van der Waals surface area contributed by atoms with Crippen LogP contribution in [-0.2, 0) is 4.79 Å². The molecule has 0 fully saturated rings. The molecule has 0 aliphatic heterocycles. The van der Waals surface area contributed by atoms with E-state index >= 15 is 0 Å². The van der Waals surface area contributed by atoms with Gasteiger partial charge in [-0.3, -0.25) is 15.4 Å². The van der Waals surface area contributed by atoms with Gasteiger partial charge in [-0.2, -0.15) is 0 Å². The van der Waals surface area contributed by atoms with Crippen LogP contribution in [0.2, 0.25) is 0 Å². The van der Waals surface area contributed by atoms with Crippen molar-refractivity contribution in [1.29, 1.82) is 0 Å². The first kappa shape index (κ1) is 14.2. The minimum absolute atomic E-state index is 0.0132. The molecule has 4 N–H and O–H groups in total. The molecule has 1 aromatic rings. The summed E-state index contributed by atoms with van der Waals surface area (Å²) in [5.41, 5.74) is 7.16. The second-order valence-electron chi connectivity index (χ2n) is 4.37. The average Bonchev–Trinajstić information content (AvgIpc) is 2.28. The molecule has 0 aromatic heterocycles. The Morgan fingerprint density at radius 2 is 1.72 bits per heavy atom. The van der Waals surface area contributed by atoms with Gasteiger partial charge in [0, 0.05) is 6.04 Å². The number of amides is 3. The molecule has 3 amide bonds. The van der Waals surface area contributed by atoms with E-state index in [4.69, 9.17) is 5.73 Å². The summed E-state index contributed by atoms with van der Waals surface area (Å²) >= 11 is 0. The Labute approximate surface area is 107 Å². The summed E-state index contributed by atoms with van der Waals surface area (Å²) in [6, 6.07) is 6.73. The average molecular weight is 249 g/mol. The van der Waals surface area contributed by atoms with Gasteiger partial charge in [-0.15, -0.1) is 0 Å². The molecule has 98 valence electrons.